The minimum atomic E-state index is -0.261. The number of hydrogen-bond donors (Lipinski definition) is 2. The van der Waals surface area contributed by atoms with E-state index in [0.29, 0.717) is 5.56 Å². The van der Waals surface area contributed by atoms with Crippen molar-refractivity contribution in [1.82, 2.24) is 4.98 Å². The highest BCUT2D eigenvalue weighted by atomic mass is 35.5. The monoisotopic (exact) mass is 275 g/mol. The van der Waals surface area contributed by atoms with E-state index in [9.17, 15) is 4.79 Å². The molecule has 3 N–H and O–H groups in total. The van der Waals surface area contributed by atoms with Crippen molar-refractivity contribution in [1.29, 1.82) is 0 Å². The zero-order valence-corrected chi connectivity index (χ0v) is 11.5. The Bertz CT molecular complexity index is 620. The molecular weight excluding hydrogens is 262 g/mol. The van der Waals surface area contributed by atoms with Gasteiger partial charge in [0, 0.05) is 11.3 Å². The Morgan fingerprint density at radius 1 is 1.26 bits per heavy atom. The molecule has 0 radical (unpaired) electrons. The van der Waals surface area contributed by atoms with Crippen LogP contribution in [0.4, 0.5) is 11.5 Å². The number of benzene rings is 1. The number of nitrogens with two attached hydrogens (primary N) is 1. The molecule has 0 spiro atoms. The second-order valence-electron chi connectivity index (χ2n) is 4.38. The van der Waals surface area contributed by atoms with Crippen molar-refractivity contribution in [3.63, 3.8) is 0 Å². The largest absolute Gasteiger partial charge is 0.384 e. The van der Waals surface area contributed by atoms with Crippen LogP contribution in [0.3, 0.4) is 0 Å². The summed E-state index contributed by atoms with van der Waals surface area (Å²) in [7, 11) is 0. The van der Waals surface area contributed by atoms with Gasteiger partial charge in [-0.15, -0.1) is 0 Å². The van der Waals surface area contributed by atoms with Gasteiger partial charge in [0.2, 0.25) is 0 Å². The van der Waals surface area contributed by atoms with E-state index in [4.69, 9.17) is 17.3 Å². The van der Waals surface area contributed by atoms with Crippen molar-refractivity contribution < 1.29 is 4.79 Å². The van der Waals surface area contributed by atoms with Crippen LogP contribution in [0.15, 0.2) is 30.3 Å². The molecule has 0 atom stereocenters. The lowest BCUT2D eigenvalue weighted by molar-refractivity contribution is 0.102. The van der Waals surface area contributed by atoms with E-state index in [1.165, 1.54) is 12.1 Å². The molecule has 4 nitrogen and oxygen atoms in total. The van der Waals surface area contributed by atoms with E-state index in [1.807, 2.05) is 32.0 Å². The first kappa shape index (κ1) is 13.4. The molecule has 0 saturated heterocycles. The molecule has 5 heteroatoms. The maximum atomic E-state index is 12.1. The number of nitrogens with zero attached hydrogens (tertiary/aromatic N) is 1. The number of nitrogen functional groups attached to an aromatic ring is 1. The van der Waals surface area contributed by atoms with Gasteiger partial charge < -0.3 is 11.1 Å². The first-order valence-electron chi connectivity index (χ1n) is 5.77. The van der Waals surface area contributed by atoms with Crippen molar-refractivity contribution in [2.45, 2.75) is 13.8 Å². The normalized spacial score (nSPS) is 10.3. The Hall–Kier alpha value is -2.07. The Balaban J connectivity index is 2.25. The molecule has 2 aromatic rings. The number of aryl methyl sites for hydroxylation is 2. The lowest BCUT2D eigenvalue weighted by atomic mass is 10.1. The number of anilines is 2. The molecule has 0 saturated carbocycles. The fraction of sp³-hybridized carbons (Fsp3) is 0.143. The Kier molecular flexibility index (Phi) is 3.71. The van der Waals surface area contributed by atoms with Crippen molar-refractivity contribution >= 4 is 29.0 Å². The van der Waals surface area contributed by atoms with Gasteiger partial charge in [-0.1, -0.05) is 29.3 Å². The zero-order chi connectivity index (χ0) is 14.0. The lowest BCUT2D eigenvalue weighted by Crippen LogP contribution is -2.13. The second kappa shape index (κ2) is 5.28. The molecule has 0 unspecified atom stereocenters. The first-order chi connectivity index (χ1) is 8.95. The quantitative estimate of drug-likeness (QED) is 0.827. The average Bonchev–Trinajstić information content (AvgIpc) is 2.31. The minimum Gasteiger partial charge on any atom is -0.384 e. The van der Waals surface area contributed by atoms with E-state index < -0.39 is 0 Å². The van der Waals surface area contributed by atoms with E-state index in [0.717, 1.165) is 16.8 Å². The predicted molar refractivity (Wildman–Crippen MR) is 77.5 cm³/mol. The highest BCUT2D eigenvalue weighted by Gasteiger charge is 2.10. The summed E-state index contributed by atoms with van der Waals surface area (Å²) >= 11 is 5.78. The molecule has 0 aliphatic carbocycles. The van der Waals surface area contributed by atoms with Gasteiger partial charge in [0.05, 0.1) is 0 Å². The number of halogens is 1. The summed E-state index contributed by atoms with van der Waals surface area (Å²) in [5, 5.41) is 3.03. The second-order valence-corrected chi connectivity index (χ2v) is 4.76. The van der Waals surface area contributed by atoms with Gasteiger partial charge in [0.15, 0.2) is 0 Å². The van der Waals surface area contributed by atoms with Gasteiger partial charge in [-0.3, -0.25) is 4.79 Å². The van der Waals surface area contributed by atoms with Gasteiger partial charge in [-0.25, -0.2) is 4.98 Å². The molecule has 0 bridgehead atoms. The third kappa shape index (κ3) is 3.23. The Morgan fingerprint density at radius 2 is 2.00 bits per heavy atom. The van der Waals surface area contributed by atoms with Gasteiger partial charge >= 0.3 is 0 Å². The van der Waals surface area contributed by atoms with Gasteiger partial charge in [0.25, 0.3) is 5.91 Å². The van der Waals surface area contributed by atoms with Crippen LogP contribution in [0.5, 0.6) is 0 Å². The SMILES string of the molecule is Cc1ccc(NC(=O)c2cc(N)nc(Cl)c2)c(C)c1. The van der Waals surface area contributed by atoms with Gasteiger partial charge in [-0.2, -0.15) is 0 Å². The van der Waals surface area contributed by atoms with Crippen molar-refractivity contribution in [2.24, 2.45) is 0 Å². The smallest absolute Gasteiger partial charge is 0.255 e. The molecule has 98 valence electrons. The summed E-state index contributed by atoms with van der Waals surface area (Å²) in [4.78, 5) is 15.9. The molecule has 2 rings (SSSR count). The number of carbonyl (C=O) groups is 1. The number of carbonyl (C=O) groups excluding carboxylic acids is 1. The lowest BCUT2D eigenvalue weighted by Gasteiger charge is -2.09. The number of amides is 1. The van der Waals surface area contributed by atoms with Crippen LogP contribution in [0, 0.1) is 13.8 Å². The molecule has 1 aromatic heterocycles. The van der Waals surface area contributed by atoms with Crippen LogP contribution in [0.25, 0.3) is 0 Å². The highest BCUT2D eigenvalue weighted by Crippen LogP contribution is 2.18. The Labute approximate surface area is 116 Å². The third-order valence-corrected chi connectivity index (χ3v) is 2.90. The van der Waals surface area contributed by atoms with Crippen LogP contribution >= 0.6 is 11.6 Å². The molecule has 0 aliphatic rings. The van der Waals surface area contributed by atoms with Gasteiger partial charge in [-0.05, 0) is 37.6 Å². The van der Waals surface area contributed by atoms with Crippen LogP contribution in [-0.2, 0) is 0 Å². The third-order valence-electron chi connectivity index (χ3n) is 2.71. The molecule has 1 heterocycles. The predicted octanol–water partition coefficient (Wildman–Crippen LogP) is 3.19. The topological polar surface area (TPSA) is 68.0 Å². The molecule has 1 aromatic carbocycles. The first-order valence-corrected chi connectivity index (χ1v) is 6.15. The van der Waals surface area contributed by atoms with E-state index in [-0.39, 0.29) is 16.9 Å². The molecule has 0 fully saturated rings. The van der Waals surface area contributed by atoms with Crippen LogP contribution in [0.1, 0.15) is 21.5 Å². The maximum Gasteiger partial charge on any atom is 0.255 e. The zero-order valence-electron chi connectivity index (χ0n) is 10.7. The average molecular weight is 276 g/mol. The van der Waals surface area contributed by atoms with Crippen molar-refractivity contribution in [3.05, 3.63) is 52.2 Å². The fourth-order valence-electron chi connectivity index (χ4n) is 1.80. The summed E-state index contributed by atoms with van der Waals surface area (Å²) in [5.41, 5.74) is 8.86. The van der Waals surface area contributed by atoms with E-state index >= 15 is 0 Å². The van der Waals surface area contributed by atoms with Crippen LogP contribution < -0.4 is 11.1 Å². The van der Waals surface area contributed by atoms with Crippen molar-refractivity contribution in [3.8, 4) is 0 Å². The van der Waals surface area contributed by atoms with Crippen LogP contribution in [-0.4, -0.2) is 10.9 Å². The van der Waals surface area contributed by atoms with E-state index in [2.05, 4.69) is 10.3 Å². The van der Waals surface area contributed by atoms with Crippen molar-refractivity contribution in [2.75, 3.05) is 11.1 Å². The number of pyridine rings is 1. The van der Waals surface area contributed by atoms with Crippen LogP contribution in [0.2, 0.25) is 5.15 Å². The molecule has 19 heavy (non-hydrogen) atoms. The molecular formula is C14H14ClN3O. The maximum absolute atomic E-state index is 12.1. The summed E-state index contributed by atoms with van der Waals surface area (Å²) < 4.78 is 0. The summed E-state index contributed by atoms with van der Waals surface area (Å²) in [5.74, 6) is -0.0405. The standard InChI is InChI=1S/C14H14ClN3O/c1-8-3-4-11(9(2)5-8)17-14(19)10-6-12(15)18-13(16)7-10/h3-7H,1-2H3,(H2,16,18)(H,17,19). The highest BCUT2D eigenvalue weighted by molar-refractivity contribution is 6.30. The Morgan fingerprint density at radius 3 is 2.63 bits per heavy atom. The summed E-state index contributed by atoms with van der Waals surface area (Å²) in [6.45, 7) is 3.94. The molecule has 1 amide bonds. The van der Waals surface area contributed by atoms with E-state index in [1.54, 1.807) is 0 Å². The minimum absolute atomic E-state index is 0.200. The number of hydrogen-bond acceptors (Lipinski definition) is 3. The number of rotatable bonds is 2. The van der Waals surface area contributed by atoms with Gasteiger partial charge in [0.1, 0.15) is 11.0 Å². The number of aromatic nitrogens is 1. The number of nitrogens with one attached hydrogen (secondary N) is 1. The summed E-state index contributed by atoms with van der Waals surface area (Å²) in [6.07, 6.45) is 0. The fourth-order valence-corrected chi connectivity index (χ4v) is 2.01. The summed E-state index contributed by atoms with van der Waals surface area (Å²) in [6, 6.07) is 8.79. The molecule has 0 aliphatic heterocycles.